The molecular weight excluding hydrogens is 300 g/mol. The van der Waals surface area contributed by atoms with Crippen molar-refractivity contribution in [1.29, 1.82) is 0 Å². The van der Waals surface area contributed by atoms with Crippen molar-refractivity contribution in [1.82, 2.24) is 29.4 Å². The number of pyridine rings is 2. The van der Waals surface area contributed by atoms with Gasteiger partial charge in [0.05, 0.1) is 0 Å². The van der Waals surface area contributed by atoms with E-state index < -0.39 is 0 Å². The summed E-state index contributed by atoms with van der Waals surface area (Å²) in [4.78, 5) is 4.18. The number of nitrogens with zero attached hydrogens (tertiary/aromatic N) is 6. The van der Waals surface area contributed by atoms with Crippen molar-refractivity contribution in [3.05, 3.63) is 72.3 Å². The first-order chi connectivity index (χ1) is 11.5. The van der Waals surface area contributed by atoms with Crippen LogP contribution < -0.4 is 0 Å². The van der Waals surface area contributed by atoms with Crippen molar-refractivity contribution in [2.24, 2.45) is 0 Å². The second-order valence-electron chi connectivity index (χ2n) is 5.72. The lowest BCUT2D eigenvalue weighted by Gasteiger charge is -1.91. The second-order valence-corrected chi connectivity index (χ2v) is 5.72. The van der Waals surface area contributed by atoms with Gasteiger partial charge in [0, 0.05) is 24.3 Å². The molecule has 0 bridgehead atoms. The van der Waals surface area contributed by atoms with E-state index in [1.807, 2.05) is 76.6 Å². The molecule has 4 aromatic rings. The topological polar surface area (TPSA) is 60.4 Å². The molecule has 4 aromatic heterocycles. The quantitative estimate of drug-likeness (QED) is 0.464. The van der Waals surface area contributed by atoms with Crippen LogP contribution in [0.4, 0.5) is 0 Å². The van der Waals surface area contributed by atoms with E-state index in [0.29, 0.717) is 0 Å². The summed E-state index contributed by atoms with van der Waals surface area (Å²) in [6.45, 7) is 11.5. The van der Waals surface area contributed by atoms with Crippen LogP contribution >= 0.6 is 0 Å². The monoisotopic (exact) mass is 322 g/mol. The zero-order chi connectivity index (χ0) is 17.5. The molecule has 4 heterocycles. The van der Waals surface area contributed by atoms with E-state index in [4.69, 9.17) is 0 Å². The molecule has 0 fully saturated rings. The number of aromatic nitrogens is 6. The molecule has 0 aliphatic rings. The number of fused-ring (bicyclic) bond motifs is 2. The van der Waals surface area contributed by atoms with E-state index in [-0.39, 0.29) is 0 Å². The first-order valence-corrected chi connectivity index (χ1v) is 7.62. The molecule has 0 N–H and O–H groups in total. The van der Waals surface area contributed by atoms with Crippen LogP contribution in [0.25, 0.3) is 11.3 Å². The summed E-state index contributed by atoms with van der Waals surface area (Å²) in [6, 6.07) is 9.84. The summed E-state index contributed by atoms with van der Waals surface area (Å²) in [5.41, 5.74) is 5.29. The fourth-order valence-corrected chi connectivity index (χ4v) is 1.90. The minimum atomic E-state index is 0.783. The summed E-state index contributed by atoms with van der Waals surface area (Å²) in [5.74, 6) is 0. The Morgan fingerprint density at radius 1 is 1.04 bits per heavy atom. The first kappa shape index (κ1) is 17.3. The van der Waals surface area contributed by atoms with Crippen LogP contribution in [0.15, 0.2) is 61.1 Å². The summed E-state index contributed by atoms with van der Waals surface area (Å²) >= 11 is 0. The van der Waals surface area contributed by atoms with Gasteiger partial charge >= 0.3 is 0 Å². The van der Waals surface area contributed by atoms with Crippen molar-refractivity contribution in [3.63, 3.8) is 0 Å². The molecule has 6 heteroatoms. The van der Waals surface area contributed by atoms with Crippen LogP contribution in [0.5, 0.6) is 0 Å². The van der Waals surface area contributed by atoms with Gasteiger partial charge in [0.25, 0.3) is 0 Å². The molecule has 0 unspecified atom stereocenters. The predicted octanol–water partition coefficient (Wildman–Crippen LogP) is 3.66. The lowest BCUT2D eigenvalue weighted by atomic mass is 10.3. The highest BCUT2D eigenvalue weighted by atomic mass is 15.5. The maximum atomic E-state index is 4.18. The predicted molar refractivity (Wildman–Crippen MR) is 95.9 cm³/mol. The number of tetrazole rings is 1. The van der Waals surface area contributed by atoms with E-state index in [1.165, 1.54) is 11.3 Å². The Balaban J connectivity index is 0.000000143. The molecule has 4 rings (SSSR count). The minimum Gasteiger partial charge on any atom is -0.304 e. The summed E-state index contributed by atoms with van der Waals surface area (Å²) < 4.78 is 3.70. The fourth-order valence-electron chi connectivity index (χ4n) is 1.90. The van der Waals surface area contributed by atoms with E-state index >= 15 is 0 Å². The number of hydrogen-bond donors (Lipinski definition) is 0. The standard InChI is InChI=1S/C8H8N2.C6H6N4.C4H8/c1-7-6-9-8-4-2-3-5-10(7)8;1-5-2-3-6-7-8-9-10(6)4-5;1-4(2)3/h2-6H,1H3;2-4H,1H3;1H2,2-3H3. The average molecular weight is 322 g/mol. The number of hydrogen-bond acceptors (Lipinski definition) is 4. The van der Waals surface area contributed by atoms with Crippen LogP contribution in [0.1, 0.15) is 25.1 Å². The minimum absolute atomic E-state index is 0.783. The summed E-state index contributed by atoms with van der Waals surface area (Å²) in [7, 11) is 0. The van der Waals surface area contributed by atoms with Crippen molar-refractivity contribution in [2.45, 2.75) is 27.7 Å². The van der Waals surface area contributed by atoms with Crippen molar-refractivity contribution < 1.29 is 0 Å². The Kier molecular flexibility index (Phi) is 5.78. The van der Waals surface area contributed by atoms with Gasteiger partial charge in [-0.05, 0) is 61.9 Å². The maximum absolute atomic E-state index is 4.18. The molecule has 0 atom stereocenters. The second kappa shape index (κ2) is 8.01. The molecule has 0 amide bonds. The van der Waals surface area contributed by atoms with Gasteiger partial charge in [-0.3, -0.25) is 0 Å². The molecule has 0 aliphatic carbocycles. The zero-order valence-corrected chi connectivity index (χ0v) is 14.5. The highest BCUT2D eigenvalue weighted by molar-refractivity contribution is 5.39. The molecule has 0 spiro atoms. The first-order valence-electron chi connectivity index (χ1n) is 7.62. The molecule has 0 saturated carbocycles. The van der Waals surface area contributed by atoms with Gasteiger partial charge in [-0.15, -0.1) is 11.7 Å². The van der Waals surface area contributed by atoms with E-state index in [1.54, 1.807) is 4.52 Å². The number of rotatable bonds is 0. The molecule has 0 aromatic carbocycles. The molecule has 0 aliphatic heterocycles. The van der Waals surface area contributed by atoms with Crippen LogP contribution in [-0.2, 0) is 0 Å². The number of allylic oxidation sites excluding steroid dienone is 1. The fraction of sp³-hybridized carbons (Fsp3) is 0.222. The van der Waals surface area contributed by atoms with Crippen molar-refractivity contribution in [3.8, 4) is 0 Å². The Bertz CT molecular complexity index is 931. The number of aryl methyl sites for hydroxylation is 2. The van der Waals surface area contributed by atoms with Crippen LogP contribution in [0.3, 0.4) is 0 Å². The third kappa shape index (κ3) is 4.74. The Morgan fingerprint density at radius 2 is 1.79 bits per heavy atom. The smallest absolute Gasteiger partial charge is 0.179 e. The Hall–Kier alpha value is -3.02. The molecule has 6 nitrogen and oxygen atoms in total. The van der Waals surface area contributed by atoms with Gasteiger partial charge in [-0.2, -0.15) is 0 Å². The van der Waals surface area contributed by atoms with Crippen LogP contribution in [-0.4, -0.2) is 29.4 Å². The Labute approximate surface area is 141 Å². The zero-order valence-electron chi connectivity index (χ0n) is 14.5. The third-order valence-corrected chi connectivity index (χ3v) is 2.94. The largest absolute Gasteiger partial charge is 0.304 e. The lowest BCUT2D eigenvalue weighted by molar-refractivity contribution is 0.820. The molecule has 124 valence electrons. The molecule has 0 saturated heterocycles. The van der Waals surface area contributed by atoms with Crippen LogP contribution in [0, 0.1) is 13.8 Å². The van der Waals surface area contributed by atoms with Gasteiger partial charge in [-0.25, -0.2) is 9.50 Å². The van der Waals surface area contributed by atoms with E-state index in [9.17, 15) is 0 Å². The van der Waals surface area contributed by atoms with Gasteiger partial charge < -0.3 is 4.40 Å². The van der Waals surface area contributed by atoms with Gasteiger partial charge in [0.15, 0.2) is 5.65 Å². The lowest BCUT2D eigenvalue weighted by Crippen LogP contribution is -1.86. The van der Waals surface area contributed by atoms with Gasteiger partial charge in [0.1, 0.15) is 5.65 Å². The van der Waals surface area contributed by atoms with Crippen molar-refractivity contribution in [2.75, 3.05) is 0 Å². The SMILES string of the molecule is C=C(C)C.Cc1ccc2nnnn2c1.Cc1cnc2ccccn12. The molecule has 0 radical (unpaired) electrons. The highest BCUT2D eigenvalue weighted by Crippen LogP contribution is 2.03. The molecular formula is C18H22N6. The third-order valence-electron chi connectivity index (χ3n) is 2.94. The summed E-state index contributed by atoms with van der Waals surface area (Å²) in [5, 5.41) is 11.0. The van der Waals surface area contributed by atoms with Crippen molar-refractivity contribution >= 4 is 11.3 Å². The van der Waals surface area contributed by atoms with E-state index in [0.717, 1.165) is 16.9 Å². The Morgan fingerprint density at radius 3 is 2.50 bits per heavy atom. The van der Waals surface area contributed by atoms with Crippen LogP contribution in [0.2, 0.25) is 0 Å². The van der Waals surface area contributed by atoms with Gasteiger partial charge in [-0.1, -0.05) is 17.7 Å². The number of imidazole rings is 1. The summed E-state index contributed by atoms with van der Waals surface area (Å²) in [6.07, 6.45) is 5.77. The normalized spacial score (nSPS) is 9.83. The highest BCUT2D eigenvalue weighted by Gasteiger charge is 1.94. The molecule has 24 heavy (non-hydrogen) atoms. The average Bonchev–Trinajstić information content (AvgIpc) is 3.14. The van der Waals surface area contributed by atoms with Gasteiger partial charge in [0.2, 0.25) is 0 Å². The van der Waals surface area contributed by atoms with E-state index in [2.05, 4.69) is 31.5 Å². The maximum Gasteiger partial charge on any atom is 0.179 e.